The number of benzene rings is 15. The van der Waals surface area contributed by atoms with Crippen molar-refractivity contribution < 1.29 is 0 Å². The SMILES string of the molecule is CCc1ccccc1Nc1nc(Cc2ccc(C)cc2)nc(Cc2ccc(C)cc2)n1.Cc1ccc(Cc2nc(Cc3ccc(C)cc3)nc(Nc3cccc(C)c3)n2)cc1.Cc1ccc(Cc2nc(Cc3ccc(C)cc3)nc(Nc3ccccc3C)n2)cc1.Cc1ccc(Cc2nc(Cc3ccc(C)cc3)nc(Nc3ccccc3Cl)n2)cc1.Cc1ccccc1Cc1nc(Cc2ccccc2C)nc(Nc2ccccc2)n1. The number of nitrogens with zero attached hydrogens (tertiary/aromatic N) is 15. The molecule has 5 aromatic heterocycles. The van der Waals surface area contributed by atoms with Crippen LogP contribution in [0.15, 0.2) is 370 Å². The Morgan fingerprint density at radius 2 is 0.400 bits per heavy atom. The molecule has 15 aromatic carbocycles. The second kappa shape index (κ2) is 52.6. The van der Waals surface area contributed by atoms with Gasteiger partial charge in [-0.3, -0.25) is 0 Å². The third kappa shape index (κ3) is 33.1. The standard InChI is InChI=1S/C27H28N4.2C26H26N4.C25H23ClN4.C25H24N4/c1-4-23-7-5-6-8-24(23)28-27-30-25(17-21-13-9-19(2)10-14-21)29-26(31-27)18-22-15-11-20(3)12-16-22;1-18-7-11-21(12-8-18)16-24-28-25(17-22-13-9-19(2)10-14-22)30-26(29-24)27-23-6-4-5-20(3)15-23;1-18-8-12-21(13-9-18)16-24-28-25(17-22-14-10-19(2)11-15-22)30-26(29-24)27-23-7-5-4-6-20(23)3;1-17-7-11-19(12-8-17)15-23-28-24(16-20-13-9-18(2)10-14-20)30-25(29-23)27-22-6-4-3-5-21(22)26;1-18-10-6-8-12-20(18)16-23-27-24(17-21-13-9-7-11-19(21)2)29-25(28-23)26-22-14-4-3-5-15-22/h5-16H,4,17-18H2,1-3H3,(H,28,29,30,31);2*4-15H,16-17H2,1-3H3,(H,27,28,29,30);3-14H,15-16H2,1-2H3,(H,27,28,29,30);3-15H,16-17H2,1-2H3,(H,26,27,28,29). The van der Waals surface area contributed by atoms with E-state index in [4.69, 9.17) is 76.4 Å². The van der Waals surface area contributed by atoms with Crippen LogP contribution in [0.3, 0.4) is 0 Å². The van der Waals surface area contributed by atoms with Gasteiger partial charge in [0.05, 0.1) is 10.7 Å². The molecule has 0 aliphatic heterocycles. The Morgan fingerprint density at radius 1 is 0.173 bits per heavy atom. The fourth-order valence-electron chi connectivity index (χ4n) is 16.6. The molecule has 0 radical (unpaired) electrons. The van der Waals surface area contributed by atoms with Crippen LogP contribution in [0, 0.1) is 83.1 Å². The van der Waals surface area contributed by atoms with Gasteiger partial charge in [0, 0.05) is 87.0 Å². The molecule has 5 heterocycles. The van der Waals surface area contributed by atoms with E-state index >= 15 is 0 Å². The van der Waals surface area contributed by atoms with Gasteiger partial charge in [-0.2, -0.15) is 49.8 Å². The molecule has 0 aliphatic rings. The minimum Gasteiger partial charge on any atom is -0.324 e. The largest absolute Gasteiger partial charge is 0.324 e. The first-order valence-electron chi connectivity index (χ1n) is 51.0. The molecule has 21 heteroatoms. The summed E-state index contributed by atoms with van der Waals surface area (Å²) in [6.45, 7) is 27.3. The van der Waals surface area contributed by atoms with Gasteiger partial charge in [-0.25, -0.2) is 24.9 Å². The Kier molecular flexibility index (Phi) is 37.0. The maximum Gasteiger partial charge on any atom is 0.230 e. The number of hydrogen-bond donors (Lipinski definition) is 5. The van der Waals surface area contributed by atoms with E-state index < -0.39 is 0 Å². The molecular weight excluding hydrogens is 1870 g/mol. The number of nitrogens with one attached hydrogen (secondary N) is 5. The number of hydrogen-bond acceptors (Lipinski definition) is 20. The van der Waals surface area contributed by atoms with E-state index in [1.54, 1.807) is 0 Å². The number of para-hydroxylation sites is 4. The molecule has 0 saturated carbocycles. The summed E-state index contributed by atoms with van der Waals surface area (Å²) in [6, 6.07) is 127. The average molecular weight is 1990 g/mol. The summed E-state index contributed by atoms with van der Waals surface area (Å²) in [7, 11) is 0. The molecule has 20 nitrogen and oxygen atoms in total. The zero-order valence-electron chi connectivity index (χ0n) is 87.6. The number of aryl methyl sites for hydroxylation is 13. The van der Waals surface area contributed by atoms with Crippen molar-refractivity contribution in [2.24, 2.45) is 0 Å². The number of halogens is 1. The number of anilines is 10. The topological polar surface area (TPSA) is 254 Å². The molecule has 0 amide bonds. The Morgan fingerprint density at radius 3 is 0.687 bits per heavy atom. The minimum absolute atomic E-state index is 0.502. The van der Waals surface area contributed by atoms with Crippen molar-refractivity contribution >= 4 is 69.8 Å². The Hall–Kier alpha value is -17.4. The van der Waals surface area contributed by atoms with Crippen molar-refractivity contribution in [3.05, 3.63) is 561 Å². The zero-order valence-corrected chi connectivity index (χ0v) is 88.3. The number of rotatable bonds is 31. The van der Waals surface area contributed by atoms with Crippen LogP contribution >= 0.6 is 11.6 Å². The van der Waals surface area contributed by atoms with Gasteiger partial charge >= 0.3 is 0 Å². The third-order valence-corrected chi connectivity index (χ3v) is 25.5. The molecule has 0 atom stereocenters. The van der Waals surface area contributed by atoms with Crippen LogP contribution in [0.5, 0.6) is 0 Å². The van der Waals surface area contributed by atoms with Gasteiger partial charge in [0.25, 0.3) is 0 Å². The third-order valence-electron chi connectivity index (χ3n) is 25.2. The first kappa shape index (κ1) is 105. The number of aromatic nitrogens is 15. The van der Waals surface area contributed by atoms with Crippen LogP contribution in [0.25, 0.3) is 0 Å². The summed E-state index contributed by atoms with van der Waals surface area (Å²) in [5.41, 5.74) is 32.7. The van der Waals surface area contributed by atoms with Crippen LogP contribution in [-0.4, -0.2) is 74.8 Å². The van der Waals surface area contributed by atoms with Gasteiger partial charge in [-0.05, 0) is 221 Å². The van der Waals surface area contributed by atoms with Crippen LogP contribution in [0.2, 0.25) is 5.02 Å². The van der Waals surface area contributed by atoms with E-state index in [-0.39, 0.29) is 0 Å². The lowest BCUT2D eigenvalue weighted by molar-refractivity contribution is 0.852. The molecule has 0 aliphatic carbocycles. The highest BCUT2D eigenvalue weighted by Crippen LogP contribution is 2.29. The Balaban J connectivity index is 0.000000133. The van der Waals surface area contributed by atoms with Crippen molar-refractivity contribution in [3.63, 3.8) is 0 Å². The smallest absolute Gasteiger partial charge is 0.230 e. The van der Waals surface area contributed by atoms with Gasteiger partial charge in [0.2, 0.25) is 29.7 Å². The summed E-state index contributed by atoms with van der Waals surface area (Å²) in [5, 5.41) is 17.4. The second-order valence-electron chi connectivity index (χ2n) is 38.1. The zero-order chi connectivity index (χ0) is 104. The lowest BCUT2D eigenvalue weighted by Gasteiger charge is -2.12. The molecule has 0 unspecified atom stereocenters. The first-order chi connectivity index (χ1) is 72.9. The fourth-order valence-corrected chi connectivity index (χ4v) is 16.8. The van der Waals surface area contributed by atoms with Crippen LogP contribution in [0.1, 0.15) is 193 Å². The summed E-state index contributed by atoms with van der Waals surface area (Å²) < 4.78 is 0. The van der Waals surface area contributed by atoms with Crippen LogP contribution in [-0.2, 0) is 70.6 Å². The van der Waals surface area contributed by atoms with E-state index in [9.17, 15) is 0 Å². The highest BCUT2D eigenvalue weighted by molar-refractivity contribution is 6.33. The molecule has 0 bridgehead atoms. The lowest BCUT2D eigenvalue weighted by Crippen LogP contribution is -2.09. The molecule has 20 aromatic rings. The van der Waals surface area contributed by atoms with E-state index in [0.29, 0.717) is 99.0 Å². The molecule has 0 fully saturated rings. The molecule has 150 heavy (non-hydrogen) atoms. The summed E-state index contributed by atoms with van der Waals surface area (Å²) in [4.78, 5) is 70.8. The lowest BCUT2D eigenvalue weighted by atomic mass is 10.0. The van der Waals surface area contributed by atoms with Gasteiger partial charge in [-0.1, -0.05) is 385 Å². The Bertz CT molecular complexity index is 7300. The van der Waals surface area contributed by atoms with Crippen LogP contribution < -0.4 is 26.6 Å². The fraction of sp³-hybridized carbons (Fsp3) is 0.186. The van der Waals surface area contributed by atoms with Crippen molar-refractivity contribution in [3.8, 4) is 0 Å². The molecule has 5 N–H and O–H groups in total. The van der Waals surface area contributed by atoms with Gasteiger partial charge in [-0.15, -0.1) is 0 Å². The van der Waals surface area contributed by atoms with Gasteiger partial charge < -0.3 is 26.6 Å². The predicted molar refractivity (Wildman–Crippen MR) is 611 cm³/mol. The minimum atomic E-state index is 0.502. The van der Waals surface area contributed by atoms with Gasteiger partial charge in [0.1, 0.15) is 58.2 Å². The van der Waals surface area contributed by atoms with Crippen LogP contribution in [0.4, 0.5) is 58.2 Å². The van der Waals surface area contributed by atoms with Gasteiger partial charge in [0.15, 0.2) is 0 Å². The normalized spacial score (nSPS) is 10.8. The average Bonchev–Trinajstić information content (AvgIpc) is 0.838. The molecule has 750 valence electrons. The maximum atomic E-state index is 6.31. The highest BCUT2D eigenvalue weighted by atomic mass is 35.5. The Labute approximate surface area is 887 Å². The van der Waals surface area contributed by atoms with E-state index in [2.05, 4.69) is 406 Å². The van der Waals surface area contributed by atoms with E-state index in [1.807, 2.05) is 91.0 Å². The highest BCUT2D eigenvalue weighted by Gasteiger charge is 2.19. The molecule has 0 spiro atoms. The first-order valence-corrected chi connectivity index (χ1v) is 51.3. The van der Waals surface area contributed by atoms with E-state index in [1.165, 1.54) is 111 Å². The van der Waals surface area contributed by atoms with Crippen molar-refractivity contribution in [1.29, 1.82) is 0 Å². The summed E-state index contributed by atoms with van der Waals surface area (Å²) in [6.07, 6.45) is 7.62. The summed E-state index contributed by atoms with van der Waals surface area (Å²) >= 11 is 6.31. The van der Waals surface area contributed by atoms with Crippen molar-refractivity contribution in [2.75, 3.05) is 26.6 Å². The molecule has 0 saturated heterocycles. The van der Waals surface area contributed by atoms with Crippen molar-refractivity contribution in [1.82, 2.24) is 74.8 Å². The molecule has 20 rings (SSSR count). The monoisotopic (exact) mass is 1990 g/mol. The van der Waals surface area contributed by atoms with Crippen molar-refractivity contribution in [2.45, 2.75) is 161 Å². The predicted octanol–water partition coefficient (Wildman–Crippen LogP) is 28.9. The summed E-state index contributed by atoms with van der Waals surface area (Å²) in [5.74, 6) is 10.5. The maximum absolute atomic E-state index is 6.31. The van der Waals surface area contributed by atoms with E-state index in [0.717, 1.165) is 110 Å². The molecular formula is C129H127ClN20. The second-order valence-corrected chi connectivity index (χ2v) is 38.5. The quantitative estimate of drug-likeness (QED) is 0.0271.